The second-order valence-electron chi connectivity index (χ2n) is 6.80. The summed E-state index contributed by atoms with van der Waals surface area (Å²) in [5, 5.41) is 7.19. The average Bonchev–Trinajstić information content (AvgIpc) is 3.18. The number of anilines is 2. The monoisotopic (exact) mass is 364 g/mol. The molecule has 0 amide bonds. The molecule has 0 saturated carbocycles. The molecule has 0 aliphatic rings. The molecule has 3 aromatic rings. The highest BCUT2D eigenvalue weighted by Gasteiger charge is 1.97. The fraction of sp³-hybridized carbons (Fsp3) is 0.391. The number of rotatable bonds is 8. The quantitative estimate of drug-likeness (QED) is 0.538. The molecule has 0 radical (unpaired) electrons. The van der Waals surface area contributed by atoms with Crippen LogP contribution in [0.15, 0.2) is 61.2 Å². The molecular formula is C23H32N4. The van der Waals surface area contributed by atoms with Crippen molar-refractivity contribution in [1.82, 2.24) is 14.8 Å². The van der Waals surface area contributed by atoms with Gasteiger partial charge in [-0.2, -0.15) is 5.10 Å². The van der Waals surface area contributed by atoms with Crippen molar-refractivity contribution in [3.8, 4) is 0 Å². The van der Waals surface area contributed by atoms with E-state index in [4.69, 9.17) is 0 Å². The van der Waals surface area contributed by atoms with Crippen LogP contribution in [0.3, 0.4) is 0 Å². The molecule has 0 atom stereocenters. The lowest BCUT2D eigenvalue weighted by Gasteiger charge is -2.08. The Kier molecular flexibility index (Phi) is 9.11. The summed E-state index contributed by atoms with van der Waals surface area (Å²) in [6.45, 7) is 4.47. The second-order valence-corrected chi connectivity index (χ2v) is 6.80. The third kappa shape index (κ3) is 8.07. The predicted octanol–water partition coefficient (Wildman–Crippen LogP) is 5.93. The number of unbranched alkanes of at least 4 members (excludes halogenated alkanes) is 2. The standard InChI is InChI=1S/C20H27N.C3H5N3/c1-3-5-7-17-9-13-19(14-10-17)21-20-15-11-18(12-16-20)8-6-4-2;1-6-3-4-2-5-6/h9-16,21H,3-8H2,1-2H3;2-3H,1H3. The first kappa shape index (κ1) is 20.7. The van der Waals surface area contributed by atoms with E-state index in [-0.39, 0.29) is 0 Å². The van der Waals surface area contributed by atoms with E-state index in [0.29, 0.717) is 0 Å². The zero-order valence-corrected chi connectivity index (χ0v) is 16.9. The van der Waals surface area contributed by atoms with Crippen LogP contribution in [0.2, 0.25) is 0 Å². The number of benzene rings is 2. The topological polar surface area (TPSA) is 42.7 Å². The lowest BCUT2D eigenvalue weighted by molar-refractivity contribution is 0.765. The largest absolute Gasteiger partial charge is 0.356 e. The van der Waals surface area contributed by atoms with Gasteiger partial charge in [-0.05, 0) is 61.1 Å². The van der Waals surface area contributed by atoms with Crippen molar-refractivity contribution in [2.24, 2.45) is 7.05 Å². The highest BCUT2D eigenvalue weighted by atomic mass is 15.3. The van der Waals surface area contributed by atoms with Crippen LogP contribution in [0.4, 0.5) is 11.4 Å². The van der Waals surface area contributed by atoms with Crippen LogP contribution in [0.5, 0.6) is 0 Å². The molecule has 0 aliphatic carbocycles. The number of nitrogens with zero attached hydrogens (tertiary/aromatic N) is 3. The fourth-order valence-corrected chi connectivity index (χ4v) is 2.71. The Balaban J connectivity index is 0.000000369. The first-order valence-electron chi connectivity index (χ1n) is 9.94. The van der Waals surface area contributed by atoms with Crippen molar-refractivity contribution in [2.75, 3.05) is 5.32 Å². The zero-order chi connectivity index (χ0) is 19.3. The molecule has 144 valence electrons. The summed E-state index contributed by atoms with van der Waals surface area (Å²) in [6.07, 6.45) is 10.6. The van der Waals surface area contributed by atoms with E-state index in [2.05, 4.69) is 77.8 Å². The summed E-state index contributed by atoms with van der Waals surface area (Å²) in [5.41, 5.74) is 5.18. The zero-order valence-electron chi connectivity index (χ0n) is 16.9. The third-order valence-electron chi connectivity index (χ3n) is 4.37. The summed E-state index contributed by atoms with van der Waals surface area (Å²) in [6, 6.07) is 17.6. The average molecular weight is 365 g/mol. The first-order chi connectivity index (χ1) is 13.2. The first-order valence-corrected chi connectivity index (χ1v) is 9.94. The molecule has 1 heterocycles. The van der Waals surface area contributed by atoms with Crippen molar-refractivity contribution >= 4 is 11.4 Å². The Morgan fingerprint density at radius 2 is 1.26 bits per heavy atom. The van der Waals surface area contributed by atoms with Gasteiger partial charge in [0.2, 0.25) is 0 Å². The summed E-state index contributed by atoms with van der Waals surface area (Å²) in [5.74, 6) is 0. The minimum Gasteiger partial charge on any atom is -0.356 e. The van der Waals surface area contributed by atoms with Crippen molar-refractivity contribution in [1.29, 1.82) is 0 Å². The fourth-order valence-electron chi connectivity index (χ4n) is 2.71. The van der Waals surface area contributed by atoms with E-state index < -0.39 is 0 Å². The Hall–Kier alpha value is -2.62. The molecule has 1 aromatic heterocycles. The lowest BCUT2D eigenvalue weighted by atomic mass is 10.1. The predicted molar refractivity (Wildman–Crippen MR) is 114 cm³/mol. The SMILES string of the molecule is CCCCc1ccc(Nc2ccc(CCCC)cc2)cc1.Cn1cncn1. The minimum absolute atomic E-state index is 1.16. The van der Waals surface area contributed by atoms with Crippen molar-refractivity contribution in [3.63, 3.8) is 0 Å². The minimum atomic E-state index is 1.16. The van der Waals surface area contributed by atoms with Gasteiger partial charge in [-0.15, -0.1) is 0 Å². The van der Waals surface area contributed by atoms with Crippen LogP contribution in [0.1, 0.15) is 50.7 Å². The Labute approximate surface area is 163 Å². The smallest absolute Gasteiger partial charge is 0.137 e. The van der Waals surface area contributed by atoms with E-state index in [0.717, 1.165) is 11.4 Å². The van der Waals surface area contributed by atoms with Crippen molar-refractivity contribution < 1.29 is 0 Å². The molecule has 1 N–H and O–H groups in total. The van der Waals surface area contributed by atoms with Crippen molar-refractivity contribution in [2.45, 2.75) is 52.4 Å². The summed E-state index contributed by atoms with van der Waals surface area (Å²) >= 11 is 0. The lowest BCUT2D eigenvalue weighted by Crippen LogP contribution is -1.92. The van der Waals surface area contributed by atoms with Gasteiger partial charge in [0, 0.05) is 18.4 Å². The highest BCUT2D eigenvalue weighted by Crippen LogP contribution is 2.19. The molecular weight excluding hydrogens is 332 g/mol. The van der Waals surface area contributed by atoms with Gasteiger partial charge in [0.05, 0.1) is 0 Å². The normalized spacial score (nSPS) is 10.2. The van der Waals surface area contributed by atoms with Crippen LogP contribution in [0.25, 0.3) is 0 Å². The number of hydrogen-bond acceptors (Lipinski definition) is 3. The summed E-state index contributed by atoms with van der Waals surface area (Å²) in [4.78, 5) is 3.67. The Bertz CT molecular complexity index is 682. The van der Waals surface area contributed by atoms with E-state index in [1.54, 1.807) is 11.0 Å². The van der Waals surface area contributed by atoms with Gasteiger partial charge in [0.15, 0.2) is 0 Å². The molecule has 0 saturated heterocycles. The van der Waals surface area contributed by atoms with Crippen LogP contribution in [-0.4, -0.2) is 14.8 Å². The van der Waals surface area contributed by atoms with Gasteiger partial charge in [-0.1, -0.05) is 51.0 Å². The number of nitrogens with one attached hydrogen (secondary N) is 1. The van der Waals surface area contributed by atoms with Gasteiger partial charge < -0.3 is 5.32 Å². The van der Waals surface area contributed by atoms with Gasteiger partial charge in [-0.3, -0.25) is 4.68 Å². The number of aryl methyl sites for hydroxylation is 3. The van der Waals surface area contributed by atoms with Gasteiger partial charge in [0.1, 0.15) is 12.7 Å². The van der Waals surface area contributed by atoms with Crippen LogP contribution in [-0.2, 0) is 19.9 Å². The molecule has 0 fully saturated rings. The molecule has 2 aromatic carbocycles. The van der Waals surface area contributed by atoms with Gasteiger partial charge in [-0.25, -0.2) is 4.98 Å². The van der Waals surface area contributed by atoms with E-state index in [1.165, 1.54) is 56.0 Å². The van der Waals surface area contributed by atoms with E-state index >= 15 is 0 Å². The highest BCUT2D eigenvalue weighted by molar-refractivity contribution is 5.60. The summed E-state index contributed by atoms with van der Waals surface area (Å²) < 4.78 is 1.64. The molecule has 0 bridgehead atoms. The third-order valence-corrected chi connectivity index (χ3v) is 4.37. The molecule has 3 rings (SSSR count). The molecule has 4 heteroatoms. The van der Waals surface area contributed by atoms with Crippen LogP contribution >= 0.6 is 0 Å². The van der Waals surface area contributed by atoms with Gasteiger partial charge >= 0.3 is 0 Å². The van der Waals surface area contributed by atoms with Crippen molar-refractivity contribution in [3.05, 3.63) is 72.3 Å². The number of hydrogen-bond donors (Lipinski definition) is 1. The Morgan fingerprint density at radius 1 is 0.778 bits per heavy atom. The van der Waals surface area contributed by atoms with Crippen LogP contribution < -0.4 is 5.32 Å². The maximum absolute atomic E-state index is 3.72. The second kappa shape index (κ2) is 11.9. The molecule has 0 unspecified atom stereocenters. The number of aromatic nitrogens is 3. The Morgan fingerprint density at radius 3 is 1.56 bits per heavy atom. The van der Waals surface area contributed by atoms with E-state index in [9.17, 15) is 0 Å². The maximum atomic E-state index is 3.72. The van der Waals surface area contributed by atoms with Gasteiger partial charge in [0.25, 0.3) is 0 Å². The molecule has 4 nitrogen and oxygen atoms in total. The maximum Gasteiger partial charge on any atom is 0.137 e. The molecule has 27 heavy (non-hydrogen) atoms. The molecule has 0 spiro atoms. The van der Waals surface area contributed by atoms with Crippen LogP contribution in [0, 0.1) is 0 Å². The summed E-state index contributed by atoms with van der Waals surface area (Å²) in [7, 11) is 1.83. The molecule has 0 aliphatic heterocycles. The van der Waals surface area contributed by atoms with E-state index in [1.807, 2.05) is 7.05 Å².